The summed E-state index contributed by atoms with van der Waals surface area (Å²) in [7, 11) is 0. The van der Waals surface area contributed by atoms with Crippen LogP contribution in [0.3, 0.4) is 0 Å². The molecule has 36 heavy (non-hydrogen) atoms. The molecule has 2 fully saturated rings. The van der Waals surface area contributed by atoms with Crippen molar-refractivity contribution in [1.29, 1.82) is 0 Å². The van der Waals surface area contributed by atoms with Crippen molar-refractivity contribution in [2.75, 3.05) is 11.5 Å². The van der Waals surface area contributed by atoms with Crippen LogP contribution in [-0.4, -0.2) is 41.5 Å². The van der Waals surface area contributed by atoms with Crippen molar-refractivity contribution in [2.24, 2.45) is 0 Å². The number of pyridine rings is 2. The molecular formula is C22H19ClF5N3O5. The molecule has 2 saturated heterocycles. The molecule has 0 aromatic carbocycles. The lowest BCUT2D eigenvalue weighted by Gasteiger charge is -2.45. The van der Waals surface area contributed by atoms with Gasteiger partial charge in [-0.25, -0.2) is 19.7 Å². The van der Waals surface area contributed by atoms with Crippen LogP contribution >= 0.6 is 11.6 Å². The monoisotopic (exact) mass is 535 g/mol. The Morgan fingerprint density at radius 1 is 1.19 bits per heavy atom. The molecule has 0 radical (unpaired) electrons. The predicted molar refractivity (Wildman–Crippen MR) is 113 cm³/mol. The number of ether oxygens (including phenoxy) is 4. The number of nitrogens with zero attached hydrogens (tertiary/aromatic N) is 3. The van der Waals surface area contributed by atoms with Crippen LogP contribution in [-0.2, 0) is 31.7 Å². The standard InChI is InChI=1S/C22H19ClF5N3O5/c1-10-11(2)36-21(35-10)5-4-20(13-3-6-29-16(23)15(13)21)9-33-19(32)31(20)17-14(34-18(24)25)7-12(8-30-17)22(26,27)28/h3,6-8,10-11,18H,4-5,9H2,1-2H3. The number of cyclic esters (lactones) is 1. The lowest BCUT2D eigenvalue weighted by atomic mass is 9.74. The molecule has 5 rings (SSSR count). The number of carbonyl (C=O) groups is 1. The van der Waals surface area contributed by atoms with Crippen molar-refractivity contribution in [3.8, 4) is 5.75 Å². The average Bonchev–Trinajstić information content (AvgIpc) is 3.27. The molecule has 194 valence electrons. The fraction of sp³-hybridized carbons (Fsp3) is 0.500. The Morgan fingerprint density at radius 3 is 2.53 bits per heavy atom. The number of carbonyl (C=O) groups excluding carboxylic acids is 1. The quantitative estimate of drug-likeness (QED) is 0.386. The Labute approximate surface area is 206 Å². The van der Waals surface area contributed by atoms with Crippen molar-refractivity contribution in [2.45, 2.75) is 63.0 Å². The fourth-order valence-electron chi connectivity index (χ4n) is 4.97. The summed E-state index contributed by atoms with van der Waals surface area (Å²) in [4.78, 5) is 21.7. The third kappa shape index (κ3) is 3.75. The number of hydrogen-bond donors (Lipinski definition) is 0. The molecule has 14 heteroatoms. The zero-order valence-electron chi connectivity index (χ0n) is 18.8. The molecule has 3 aliphatic rings. The predicted octanol–water partition coefficient (Wildman–Crippen LogP) is 5.37. The molecule has 3 unspecified atom stereocenters. The summed E-state index contributed by atoms with van der Waals surface area (Å²) in [6.45, 7) is -0.102. The SMILES string of the molecule is CC1OC2(CCC3(COC(=O)N3c3ncc(C(F)(F)F)cc3OC(F)F)c3ccnc(Cl)c32)OC1C. The molecule has 3 atom stereocenters. The van der Waals surface area contributed by atoms with Gasteiger partial charge in [-0.2, -0.15) is 22.0 Å². The van der Waals surface area contributed by atoms with Gasteiger partial charge in [0.25, 0.3) is 0 Å². The number of aromatic nitrogens is 2. The summed E-state index contributed by atoms with van der Waals surface area (Å²) < 4.78 is 88.2. The molecular weight excluding hydrogens is 517 g/mol. The first-order valence-electron chi connectivity index (χ1n) is 10.9. The highest BCUT2D eigenvalue weighted by molar-refractivity contribution is 6.30. The van der Waals surface area contributed by atoms with E-state index in [0.717, 1.165) is 4.90 Å². The molecule has 8 nitrogen and oxygen atoms in total. The second-order valence-corrected chi connectivity index (χ2v) is 9.12. The first-order chi connectivity index (χ1) is 16.9. The maximum absolute atomic E-state index is 13.3. The largest absolute Gasteiger partial charge is 0.446 e. The van der Waals surface area contributed by atoms with Crippen LogP contribution in [0.2, 0.25) is 5.15 Å². The van der Waals surface area contributed by atoms with Crippen molar-refractivity contribution in [1.82, 2.24) is 9.97 Å². The number of anilines is 1. The normalized spacial score (nSPS) is 29.8. The van der Waals surface area contributed by atoms with Crippen LogP contribution in [0, 0.1) is 0 Å². The van der Waals surface area contributed by atoms with Crippen molar-refractivity contribution >= 4 is 23.5 Å². The fourth-order valence-corrected chi connectivity index (χ4v) is 5.27. The van der Waals surface area contributed by atoms with E-state index in [1.54, 1.807) is 6.07 Å². The topological polar surface area (TPSA) is 83.0 Å². The smallest absolute Gasteiger partial charge is 0.418 e. The molecule has 1 amide bonds. The van der Waals surface area contributed by atoms with Crippen LogP contribution in [0.25, 0.3) is 0 Å². The van der Waals surface area contributed by atoms with Gasteiger partial charge < -0.3 is 18.9 Å². The maximum Gasteiger partial charge on any atom is 0.418 e. The maximum atomic E-state index is 13.3. The molecule has 2 aliphatic heterocycles. The molecule has 0 N–H and O–H groups in total. The van der Waals surface area contributed by atoms with Gasteiger partial charge in [-0.1, -0.05) is 11.6 Å². The third-order valence-corrected chi connectivity index (χ3v) is 6.99. The highest BCUT2D eigenvalue weighted by Crippen LogP contribution is 2.57. The van der Waals surface area contributed by atoms with Gasteiger partial charge in [0.05, 0.1) is 23.3 Å². The third-order valence-electron chi connectivity index (χ3n) is 6.70. The minimum Gasteiger partial charge on any atom is -0.446 e. The van der Waals surface area contributed by atoms with Gasteiger partial charge in [0.2, 0.25) is 0 Å². The minimum absolute atomic E-state index is 0.0246. The van der Waals surface area contributed by atoms with E-state index in [-0.39, 0.29) is 36.8 Å². The molecule has 2 aromatic rings. The van der Waals surface area contributed by atoms with Crippen LogP contribution in [0.5, 0.6) is 5.75 Å². The number of alkyl halides is 5. The number of amides is 1. The summed E-state index contributed by atoms with van der Waals surface area (Å²) >= 11 is 6.49. The van der Waals surface area contributed by atoms with Crippen LogP contribution < -0.4 is 9.64 Å². The lowest BCUT2D eigenvalue weighted by Crippen LogP contribution is -2.52. The van der Waals surface area contributed by atoms with Crippen molar-refractivity contribution < 1.29 is 45.7 Å². The summed E-state index contributed by atoms with van der Waals surface area (Å²) in [5.74, 6) is -2.79. The number of hydrogen-bond acceptors (Lipinski definition) is 7. The number of halogens is 6. The zero-order valence-corrected chi connectivity index (χ0v) is 19.6. The van der Waals surface area contributed by atoms with E-state index in [1.807, 2.05) is 13.8 Å². The van der Waals surface area contributed by atoms with Crippen LogP contribution in [0.4, 0.5) is 32.6 Å². The molecule has 1 aliphatic carbocycles. The second kappa shape index (κ2) is 8.38. The lowest BCUT2D eigenvalue weighted by molar-refractivity contribution is -0.196. The Morgan fingerprint density at radius 2 is 1.89 bits per heavy atom. The van der Waals surface area contributed by atoms with Crippen molar-refractivity contribution in [3.05, 3.63) is 46.4 Å². The number of rotatable bonds is 3. The van der Waals surface area contributed by atoms with Crippen LogP contribution in [0.1, 0.15) is 43.4 Å². The minimum atomic E-state index is -4.89. The van der Waals surface area contributed by atoms with Gasteiger partial charge in [-0.05, 0) is 38.0 Å². The summed E-state index contributed by atoms with van der Waals surface area (Å²) in [6, 6.07) is 1.92. The van der Waals surface area contributed by atoms with Gasteiger partial charge >= 0.3 is 18.9 Å². The van der Waals surface area contributed by atoms with Gasteiger partial charge in [0.1, 0.15) is 17.3 Å². The Bertz CT molecular complexity index is 1210. The first-order valence-corrected chi connectivity index (χ1v) is 11.3. The van der Waals surface area contributed by atoms with Gasteiger partial charge in [-0.3, -0.25) is 0 Å². The van der Waals surface area contributed by atoms with E-state index >= 15 is 0 Å². The van der Waals surface area contributed by atoms with Gasteiger partial charge in [0, 0.05) is 18.8 Å². The molecule has 0 bridgehead atoms. The summed E-state index contributed by atoms with van der Waals surface area (Å²) in [6.07, 6.45) is -4.42. The van der Waals surface area contributed by atoms with E-state index in [0.29, 0.717) is 23.4 Å². The van der Waals surface area contributed by atoms with E-state index in [4.69, 9.17) is 25.8 Å². The highest BCUT2D eigenvalue weighted by Gasteiger charge is 2.61. The van der Waals surface area contributed by atoms with E-state index < -0.39 is 47.3 Å². The zero-order chi connectivity index (χ0) is 26.0. The first kappa shape index (κ1) is 24.9. The Hall–Kier alpha value is -2.77. The van der Waals surface area contributed by atoms with E-state index in [2.05, 4.69) is 14.7 Å². The summed E-state index contributed by atoms with van der Waals surface area (Å²) in [5.41, 5.74) is -2.01. The second-order valence-electron chi connectivity index (χ2n) is 8.77. The van der Waals surface area contributed by atoms with Gasteiger partial charge in [0.15, 0.2) is 17.4 Å². The molecule has 2 aromatic heterocycles. The van der Waals surface area contributed by atoms with Crippen molar-refractivity contribution in [3.63, 3.8) is 0 Å². The summed E-state index contributed by atoms with van der Waals surface area (Å²) in [5, 5.41) is 0.0246. The molecule has 4 heterocycles. The highest BCUT2D eigenvalue weighted by atomic mass is 35.5. The van der Waals surface area contributed by atoms with E-state index in [9.17, 15) is 26.7 Å². The van der Waals surface area contributed by atoms with Crippen LogP contribution in [0.15, 0.2) is 24.5 Å². The number of fused-ring (bicyclic) bond motifs is 3. The molecule has 0 saturated carbocycles. The van der Waals surface area contributed by atoms with E-state index in [1.165, 1.54) is 6.20 Å². The molecule has 2 spiro atoms. The average molecular weight is 536 g/mol. The van der Waals surface area contributed by atoms with Gasteiger partial charge in [-0.15, -0.1) is 0 Å². The Balaban J connectivity index is 1.69. The Kier molecular flexibility index (Phi) is 5.80.